The summed E-state index contributed by atoms with van der Waals surface area (Å²) in [6.45, 7) is 1.97. The topological polar surface area (TPSA) is 55.7 Å². The first-order chi connectivity index (χ1) is 4.49. The summed E-state index contributed by atoms with van der Waals surface area (Å²) in [7, 11) is 0. The van der Waals surface area contributed by atoms with Crippen LogP contribution in [0, 0.1) is 0 Å². The first kappa shape index (κ1) is 10.5. The van der Waals surface area contributed by atoms with E-state index in [9.17, 15) is 0 Å². The Morgan fingerprint density at radius 2 is 1.80 bits per heavy atom. The average molecular weight is 184 g/mol. The van der Waals surface area contributed by atoms with Gasteiger partial charge in [-0.2, -0.15) is 5.20 Å². The van der Waals surface area contributed by atoms with Crippen molar-refractivity contribution in [3.05, 3.63) is 0 Å². The molecule has 6 heteroatoms. The highest BCUT2D eigenvalue weighted by molar-refractivity contribution is 8.08. The van der Waals surface area contributed by atoms with Crippen LogP contribution in [0.25, 0.3) is 0 Å². The second-order valence-electron chi connectivity index (χ2n) is 1.82. The monoisotopic (exact) mass is 184 g/mol. The summed E-state index contributed by atoms with van der Waals surface area (Å²) >= 11 is 4.36. The quantitative estimate of drug-likeness (QED) is 0.425. The van der Waals surface area contributed by atoms with Crippen molar-refractivity contribution in [3.8, 4) is 0 Å². The second kappa shape index (κ2) is 4.38. The molecule has 0 atom stereocenters. The van der Waals surface area contributed by atoms with Gasteiger partial charge in [-0.1, -0.05) is 13.8 Å². The fourth-order valence-corrected chi connectivity index (χ4v) is 1.55. The summed E-state index contributed by atoms with van der Waals surface area (Å²) in [6.07, 6.45) is 0. The van der Waals surface area contributed by atoms with Gasteiger partial charge in [-0.15, -0.1) is 0 Å². The largest absolute Gasteiger partial charge is 0.333 e. The van der Waals surface area contributed by atoms with Crippen LogP contribution in [-0.2, 0) is 11.8 Å². The van der Waals surface area contributed by atoms with Gasteiger partial charge < -0.3 is 9.79 Å². The predicted octanol–water partition coefficient (Wildman–Crippen LogP) is 0.0419. The molecule has 4 nitrogen and oxygen atoms in total. The van der Waals surface area contributed by atoms with Crippen LogP contribution >= 0.6 is 6.64 Å². The minimum absolute atomic E-state index is 0.704. The highest BCUT2D eigenvalue weighted by Crippen LogP contribution is 2.28. The third-order valence-electron chi connectivity index (χ3n) is 1.04. The molecule has 3 N–H and O–H groups in total. The molecule has 0 aliphatic carbocycles. The van der Waals surface area contributed by atoms with Crippen molar-refractivity contribution in [2.75, 3.05) is 13.1 Å². The number of hydrazine groups is 1. The van der Waals surface area contributed by atoms with Gasteiger partial charge >= 0.3 is 0 Å². The molecule has 0 saturated carbocycles. The van der Waals surface area contributed by atoms with E-state index >= 15 is 0 Å². The molecular weight excluding hydrogens is 171 g/mol. The van der Waals surface area contributed by atoms with Gasteiger partial charge in [-0.3, -0.25) is 0 Å². The summed E-state index contributed by atoms with van der Waals surface area (Å²) in [5.74, 6) is 0. The maximum atomic E-state index is 8.78. The zero-order valence-corrected chi connectivity index (χ0v) is 7.82. The molecule has 0 bridgehead atoms. The minimum atomic E-state index is -3.25. The van der Waals surface area contributed by atoms with E-state index in [0.29, 0.717) is 13.1 Å². The van der Waals surface area contributed by atoms with Crippen LogP contribution in [0.1, 0.15) is 13.8 Å². The fourth-order valence-electron chi connectivity index (χ4n) is 0.549. The average Bonchev–Trinajstić information content (AvgIpc) is 1.81. The maximum Gasteiger partial charge on any atom is 0.269 e. The number of rotatable bonds is 4. The third kappa shape index (κ3) is 5.29. The lowest BCUT2D eigenvalue weighted by atomic mass is 10.6. The minimum Gasteiger partial charge on any atom is -0.333 e. The summed E-state index contributed by atoms with van der Waals surface area (Å²) in [5, 5.41) is 4.08. The Labute approximate surface area is 66.1 Å². The normalized spacial score (nSPS) is 12.5. The Morgan fingerprint density at radius 3 is 1.90 bits per heavy atom. The van der Waals surface area contributed by atoms with Gasteiger partial charge in [-0.25, -0.2) is 5.01 Å². The van der Waals surface area contributed by atoms with E-state index in [1.807, 2.05) is 13.8 Å². The highest BCUT2D eigenvalue weighted by atomic mass is 32.5. The van der Waals surface area contributed by atoms with E-state index in [1.165, 1.54) is 0 Å². The maximum absolute atomic E-state index is 8.78. The van der Waals surface area contributed by atoms with Crippen molar-refractivity contribution < 1.29 is 9.79 Å². The molecule has 0 heterocycles. The summed E-state index contributed by atoms with van der Waals surface area (Å²) in [6, 6.07) is 0. The smallest absolute Gasteiger partial charge is 0.269 e. The van der Waals surface area contributed by atoms with E-state index in [1.54, 1.807) is 5.01 Å². The van der Waals surface area contributed by atoms with Crippen molar-refractivity contribution in [1.82, 2.24) is 10.2 Å². The van der Waals surface area contributed by atoms with Gasteiger partial charge in [0, 0.05) is 13.1 Å². The van der Waals surface area contributed by atoms with Gasteiger partial charge in [0.15, 0.2) is 0 Å². The molecule has 0 aliphatic heterocycles. The molecule has 0 rings (SSSR count). The number of hydrogen-bond donors (Lipinski definition) is 3. The molecular formula is C4H13N2O2PS. The van der Waals surface area contributed by atoms with Crippen molar-refractivity contribution in [1.29, 1.82) is 0 Å². The van der Waals surface area contributed by atoms with Crippen molar-refractivity contribution in [2.45, 2.75) is 13.8 Å². The Balaban J connectivity index is 3.75. The molecule has 0 radical (unpaired) electrons. The van der Waals surface area contributed by atoms with Gasteiger partial charge in [0.05, 0.1) is 0 Å². The van der Waals surface area contributed by atoms with Crippen LogP contribution in [0.5, 0.6) is 0 Å². The molecule has 0 spiro atoms. The van der Waals surface area contributed by atoms with E-state index in [0.717, 1.165) is 0 Å². The van der Waals surface area contributed by atoms with Crippen LogP contribution in [0.15, 0.2) is 0 Å². The Morgan fingerprint density at radius 1 is 1.40 bits per heavy atom. The van der Waals surface area contributed by atoms with Crippen LogP contribution in [0.4, 0.5) is 0 Å². The third-order valence-corrected chi connectivity index (χ3v) is 1.82. The Kier molecular flexibility index (Phi) is 4.60. The Hall–Kier alpha value is 0.490. The lowest BCUT2D eigenvalue weighted by Crippen LogP contribution is -2.34. The zero-order chi connectivity index (χ0) is 8.20. The molecule has 62 valence electrons. The van der Waals surface area contributed by atoms with Gasteiger partial charge in [-0.05, 0) is 11.8 Å². The summed E-state index contributed by atoms with van der Waals surface area (Å²) in [5.41, 5.74) is 0. The van der Waals surface area contributed by atoms with Crippen LogP contribution in [0.3, 0.4) is 0 Å². The van der Waals surface area contributed by atoms with Gasteiger partial charge in [0.2, 0.25) is 0 Å². The number of nitrogens with zero attached hydrogens (tertiary/aromatic N) is 1. The standard InChI is InChI=1S/C4H13N2O2PS/c1-3-6(4-2)5-9(7,8)10/h3-4H2,1-2H3,(H3,5,7,8,10). The van der Waals surface area contributed by atoms with Crippen LogP contribution in [0.2, 0.25) is 0 Å². The van der Waals surface area contributed by atoms with E-state index < -0.39 is 6.64 Å². The number of nitrogens with one attached hydrogen (secondary N) is 1. The van der Waals surface area contributed by atoms with Crippen molar-refractivity contribution >= 4 is 18.4 Å². The molecule has 0 saturated heterocycles. The lowest BCUT2D eigenvalue weighted by molar-refractivity contribution is 0.248. The molecule has 0 aromatic carbocycles. The lowest BCUT2D eigenvalue weighted by Gasteiger charge is -2.21. The fraction of sp³-hybridized carbons (Fsp3) is 1.00. The first-order valence-corrected chi connectivity index (χ1v) is 5.78. The van der Waals surface area contributed by atoms with Crippen LogP contribution in [-0.4, -0.2) is 27.9 Å². The van der Waals surface area contributed by atoms with Gasteiger partial charge in [0.1, 0.15) is 0 Å². The van der Waals surface area contributed by atoms with Gasteiger partial charge in [0.25, 0.3) is 6.64 Å². The molecule has 0 unspecified atom stereocenters. The molecule has 0 aromatic rings. The van der Waals surface area contributed by atoms with Crippen LogP contribution < -0.4 is 5.20 Å². The SMILES string of the molecule is CCN(CC)NP(O)(O)=S. The Bertz CT molecular complexity index is 133. The molecule has 0 aromatic heterocycles. The predicted molar refractivity (Wildman–Crippen MR) is 44.8 cm³/mol. The van der Waals surface area contributed by atoms with E-state index in [4.69, 9.17) is 9.79 Å². The molecule has 10 heavy (non-hydrogen) atoms. The van der Waals surface area contributed by atoms with Crippen molar-refractivity contribution in [3.63, 3.8) is 0 Å². The molecule has 0 amide bonds. The van der Waals surface area contributed by atoms with E-state index in [-0.39, 0.29) is 0 Å². The molecule has 0 aliphatic rings. The summed E-state index contributed by atoms with van der Waals surface area (Å²) < 4.78 is 0. The van der Waals surface area contributed by atoms with E-state index in [2.05, 4.69) is 17.0 Å². The second-order valence-corrected chi connectivity index (χ2v) is 4.63. The number of hydrogen-bond acceptors (Lipinski definition) is 2. The molecule has 0 fully saturated rings. The first-order valence-electron chi connectivity index (χ1n) is 3.08. The van der Waals surface area contributed by atoms with Crippen molar-refractivity contribution in [2.24, 2.45) is 0 Å². The summed E-state index contributed by atoms with van der Waals surface area (Å²) in [4.78, 5) is 17.6. The highest BCUT2D eigenvalue weighted by Gasteiger charge is 2.09. The zero-order valence-electron chi connectivity index (χ0n) is 6.11.